The number of aliphatic hydroxyl groups is 1. The van der Waals surface area contributed by atoms with Crippen LogP contribution in [0.15, 0.2) is 64.6 Å². The van der Waals surface area contributed by atoms with E-state index in [-0.39, 0.29) is 29.4 Å². The van der Waals surface area contributed by atoms with Gasteiger partial charge in [0.25, 0.3) is 0 Å². The number of hydrogen-bond donors (Lipinski definition) is 1. The highest BCUT2D eigenvalue weighted by Crippen LogP contribution is 2.36. The van der Waals surface area contributed by atoms with Gasteiger partial charge in [0, 0.05) is 42.0 Å². The molecule has 0 amide bonds. The number of rotatable bonds is 9. The Morgan fingerprint density at radius 2 is 1.59 bits per heavy atom. The molecule has 4 rings (SSSR count). The number of carbonyl (C=O) groups excluding carboxylic acids is 2. The van der Waals surface area contributed by atoms with Gasteiger partial charge in [-0.25, -0.2) is 4.79 Å². The lowest BCUT2D eigenvalue weighted by Gasteiger charge is -2.30. The van der Waals surface area contributed by atoms with Crippen LogP contribution in [0.5, 0.6) is 0 Å². The summed E-state index contributed by atoms with van der Waals surface area (Å²) < 4.78 is 17.1. The van der Waals surface area contributed by atoms with Gasteiger partial charge in [0.1, 0.15) is 24.1 Å². The maximum atomic E-state index is 12.8. The van der Waals surface area contributed by atoms with Crippen LogP contribution in [0.4, 0.5) is 0 Å². The molecule has 6 heteroatoms. The van der Waals surface area contributed by atoms with Crippen molar-refractivity contribution in [2.24, 2.45) is 22.7 Å². The minimum Gasteiger partial charge on any atom is -0.462 e. The van der Waals surface area contributed by atoms with Gasteiger partial charge in [-0.3, -0.25) is 4.79 Å². The summed E-state index contributed by atoms with van der Waals surface area (Å²) in [5.41, 5.74) is 4.96. The smallest absolute Gasteiger partial charge is 0.334 e. The third-order valence-corrected chi connectivity index (χ3v) is 7.77. The van der Waals surface area contributed by atoms with Crippen LogP contribution < -0.4 is 0 Å². The Morgan fingerprint density at radius 3 is 2.22 bits per heavy atom. The van der Waals surface area contributed by atoms with Gasteiger partial charge in [-0.1, -0.05) is 84.1 Å². The van der Waals surface area contributed by atoms with Gasteiger partial charge in [0.05, 0.1) is 5.92 Å². The van der Waals surface area contributed by atoms with Gasteiger partial charge in [0.2, 0.25) is 0 Å². The van der Waals surface area contributed by atoms with E-state index in [1.54, 1.807) is 0 Å². The van der Waals surface area contributed by atoms with Gasteiger partial charge in [0.15, 0.2) is 0 Å². The Hall–Kier alpha value is -3.82. The molecule has 1 aliphatic heterocycles. The number of fused-ring (bicyclic) bond motifs is 1. The molecule has 46 heavy (non-hydrogen) atoms. The average molecular weight is 629 g/mol. The average Bonchev–Trinajstić information content (AvgIpc) is 3.55. The van der Waals surface area contributed by atoms with Crippen LogP contribution in [-0.2, 0) is 25.5 Å². The minimum absolute atomic E-state index is 0.0583. The summed E-state index contributed by atoms with van der Waals surface area (Å²) in [6.45, 7) is 17.5. The van der Waals surface area contributed by atoms with Crippen molar-refractivity contribution in [1.82, 2.24) is 0 Å². The molecular formula is C40H52O6. The van der Waals surface area contributed by atoms with Crippen molar-refractivity contribution in [3.63, 3.8) is 0 Å². The molecule has 2 aromatic carbocycles. The Labute approximate surface area is 275 Å². The largest absolute Gasteiger partial charge is 0.462 e. The standard InChI is InChI=1S/C39H48O5.CH4O/c1-26-9-11-28(12-10-26)13-14-29-16-18-35-32(20-29)22-33(43-35)19-27(2)36(40)42-25-34-21-31(37(41)44-34)17-15-30(23-38(3,4)5)24-39(6,7)8;1-2/h9-12,16-18,20,22,27,30,34H,15,19,21,23-25H2,1-8H3;2H,1H3/b31-17+;. The second kappa shape index (κ2) is 16.1. The fourth-order valence-corrected chi connectivity index (χ4v) is 5.90. The maximum Gasteiger partial charge on any atom is 0.334 e. The van der Waals surface area contributed by atoms with E-state index >= 15 is 0 Å². The summed E-state index contributed by atoms with van der Waals surface area (Å²) in [6, 6.07) is 15.9. The van der Waals surface area contributed by atoms with Crippen LogP contribution >= 0.6 is 0 Å². The van der Waals surface area contributed by atoms with E-state index in [2.05, 4.69) is 78.5 Å². The number of esters is 2. The molecule has 2 atom stereocenters. The number of aryl methyl sites for hydroxylation is 1. The van der Waals surface area contributed by atoms with E-state index in [4.69, 9.17) is 19.0 Å². The van der Waals surface area contributed by atoms with Crippen molar-refractivity contribution in [2.75, 3.05) is 13.7 Å². The lowest BCUT2D eigenvalue weighted by atomic mass is 9.75. The normalized spacial score (nSPS) is 16.5. The van der Waals surface area contributed by atoms with Crippen molar-refractivity contribution in [3.8, 4) is 11.8 Å². The Kier molecular flexibility index (Phi) is 12.9. The lowest BCUT2D eigenvalue weighted by Crippen LogP contribution is -2.23. The van der Waals surface area contributed by atoms with E-state index in [9.17, 15) is 9.59 Å². The van der Waals surface area contributed by atoms with Crippen molar-refractivity contribution in [2.45, 2.75) is 93.6 Å². The zero-order chi connectivity index (χ0) is 34.1. The molecule has 0 spiro atoms. The summed E-state index contributed by atoms with van der Waals surface area (Å²) >= 11 is 0. The molecule has 1 saturated heterocycles. The molecule has 2 heterocycles. The topological polar surface area (TPSA) is 86.0 Å². The molecule has 2 unspecified atom stereocenters. The first-order chi connectivity index (χ1) is 21.6. The summed E-state index contributed by atoms with van der Waals surface area (Å²) in [5, 5.41) is 7.95. The van der Waals surface area contributed by atoms with Crippen LogP contribution in [0.3, 0.4) is 0 Å². The van der Waals surface area contributed by atoms with Crippen LogP contribution in [0.1, 0.15) is 96.6 Å². The molecule has 3 aromatic rings. The molecule has 1 aliphatic rings. The quantitative estimate of drug-likeness (QED) is 0.145. The zero-order valence-corrected chi connectivity index (χ0v) is 29.2. The number of allylic oxidation sites excluding steroid dienone is 1. The van der Waals surface area contributed by atoms with E-state index in [1.807, 2.05) is 43.3 Å². The predicted molar refractivity (Wildman–Crippen MR) is 184 cm³/mol. The first-order valence-corrected chi connectivity index (χ1v) is 16.3. The number of cyclic esters (lactones) is 1. The van der Waals surface area contributed by atoms with Crippen LogP contribution in [-0.4, -0.2) is 36.9 Å². The summed E-state index contributed by atoms with van der Waals surface area (Å²) in [6.07, 6.45) is 5.52. The molecule has 248 valence electrons. The van der Waals surface area contributed by atoms with Crippen molar-refractivity contribution >= 4 is 22.9 Å². The number of carbonyl (C=O) groups is 2. The highest BCUT2D eigenvalue weighted by atomic mass is 16.6. The molecule has 1 fully saturated rings. The molecule has 0 radical (unpaired) electrons. The molecule has 1 aromatic heterocycles. The van der Waals surface area contributed by atoms with Crippen LogP contribution in [0.25, 0.3) is 11.0 Å². The van der Waals surface area contributed by atoms with E-state index in [0.717, 1.165) is 48.5 Å². The number of furan rings is 1. The summed E-state index contributed by atoms with van der Waals surface area (Å²) in [4.78, 5) is 25.4. The Bertz CT molecular complexity index is 1530. The number of hydrogen-bond acceptors (Lipinski definition) is 6. The van der Waals surface area contributed by atoms with E-state index in [1.165, 1.54) is 5.56 Å². The fraction of sp³-hybridized carbons (Fsp3) is 0.500. The van der Waals surface area contributed by atoms with Gasteiger partial charge in [-0.05, 0) is 79.3 Å². The molecular weight excluding hydrogens is 576 g/mol. The number of ether oxygens (including phenoxy) is 2. The highest BCUT2D eigenvalue weighted by molar-refractivity contribution is 5.90. The van der Waals surface area contributed by atoms with Gasteiger partial charge >= 0.3 is 11.9 Å². The highest BCUT2D eigenvalue weighted by Gasteiger charge is 2.31. The zero-order valence-electron chi connectivity index (χ0n) is 29.2. The Morgan fingerprint density at radius 1 is 0.978 bits per heavy atom. The van der Waals surface area contributed by atoms with Crippen molar-refractivity contribution in [1.29, 1.82) is 0 Å². The maximum absolute atomic E-state index is 12.8. The first-order valence-electron chi connectivity index (χ1n) is 16.3. The molecule has 0 saturated carbocycles. The van der Waals surface area contributed by atoms with Crippen molar-refractivity contribution < 1.29 is 28.6 Å². The molecule has 1 N–H and O–H groups in total. The monoisotopic (exact) mass is 628 g/mol. The third kappa shape index (κ3) is 11.8. The van der Waals surface area contributed by atoms with Gasteiger partial charge in [-0.2, -0.15) is 0 Å². The molecule has 6 nitrogen and oxygen atoms in total. The van der Waals surface area contributed by atoms with E-state index < -0.39 is 12.0 Å². The minimum atomic E-state index is -0.445. The summed E-state index contributed by atoms with van der Waals surface area (Å²) in [7, 11) is 1.00. The van der Waals surface area contributed by atoms with Crippen LogP contribution in [0.2, 0.25) is 0 Å². The van der Waals surface area contributed by atoms with Gasteiger partial charge < -0.3 is 19.0 Å². The third-order valence-electron chi connectivity index (χ3n) is 7.77. The SMILES string of the molecule is CO.Cc1ccc(C#Cc2ccc3oc(CC(C)C(=O)OCC4C/C(=C\CC(CC(C)(C)C)CC(C)(C)C)C(=O)O4)cc3c2)cc1. The second-order valence-electron chi connectivity index (χ2n) is 14.9. The fourth-order valence-electron chi connectivity index (χ4n) is 5.90. The van der Waals surface area contributed by atoms with Crippen LogP contribution in [0, 0.1) is 41.4 Å². The number of benzene rings is 2. The lowest BCUT2D eigenvalue weighted by molar-refractivity contribution is -0.155. The Balaban J connectivity index is 0.00000282. The number of aliphatic hydroxyl groups excluding tert-OH is 1. The van der Waals surface area contributed by atoms with Gasteiger partial charge in [-0.15, -0.1) is 0 Å². The molecule has 0 bridgehead atoms. The first kappa shape index (κ1) is 36.6. The summed E-state index contributed by atoms with van der Waals surface area (Å²) in [5.74, 6) is 6.59. The van der Waals surface area contributed by atoms with Crippen molar-refractivity contribution in [3.05, 3.63) is 82.6 Å². The molecule has 0 aliphatic carbocycles. The predicted octanol–water partition coefficient (Wildman–Crippen LogP) is 8.59. The van der Waals surface area contributed by atoms with E-state index in [0.29, 0.717) is 30.1 Å². The second-order valence-corrected chi connectivity index (χ2v) is 14.9.